The van der Waals surface area contributed by atoms with E-state index in [1.807, 2.05) is 0 Å². The second-order valence-corrected chi connectivity index (χ2v) is 6.51. The number of likely N-dealkylation sites (tertiary alicyclic amines) is 1. The summed E-state index contributed by atoms with van der Waals surface area (Å²) in [6.45, 7) is 8.26. The molecule has 2 N–H and O–H groups in total. The number of nitrogens with two attached hydrogens (primary N) is 1. The molecule has 2 heteroatoms. The van der Waals surface area contributed by atoms with Crippen molar-refractivity contribution in [2.75, 3.05) is 6.54 Å². The smallest absolute Gasteiger partial charge is 0.0229 e. The molecule has 0 aromatic rings. The maximum Gasteiger partial charge on any atom is 0.0229 e. The minimum atomic E-state index is 0.295. The molecule has 94 valence electrons. The van der Waals surface area contributed by atoms with Gasteiger partial charge in [-0.3, -0.25) is 4.90 Å². The van der Waals surface area contributed by atoms with Gasteiger partial charge in [-0.1, -0.05) is 26.2 Å². The minimum absolute atomic E-state index is 0.295. The zero-order chi connectivity index (χ0) is 11.8. The third-order valence-corrected chi connectivity index (χ3v) is 4.81. The predicted octanol–water partition coefficient (Wildman–Crippen LogP) is 2.91. The molecule has 1 atom stereocenters. The fraction of sp³-hybridized carbons (Fsp3) is 1.00. The first-order valence-corrected chi connectivity index (χ1v) is 7.03. The van der Waals surface area contributed by atoms with Crippen LogP contribution in [-0.4, -0.2) is 28.6 Å². The van der Waals surface area contributed by atoms with E-state index in [-0.39, 0.29) is 0 Å². The monoisotopic (exact) mass is 224 g/mol. The van der Waals surface area contributed by atoms with Crippen LogP contribution in [0.3, 0.4) is 0 Å². The second-order valence-electron chi connectivity index (χ2n) is 6.51. The van der Waals surface area contributed by atoms with Gasteiger partial charge in [-0.05, 0) is 46.1 Å². The molecule has 1 saturated carbocycles. The lowest BCUT2D eigenvalue weighted by molar-refractivity contribution is -0.0696. The van der Waals surface area contributed by atoms with Crippen LogP contribution in [0, 0.1) is 0 Å². The van der Waals surface area contributed by atoms with Gasteiger partial charge in [0.2, 0.25) is 0 Å². The first-order chi connectivity index (χ1) is 7.50. The highest BCUT2D eigenvalue weighted by Gasteiger charge is 2.48. The Kier molecular flexibility index (Phi) is 3.33. The van der Waals surface area contributed by atoms with Gasteiger partial charge in [-0.15, -0.1) is 0 Å². The maximum absolute atomic E-state index is 6.31. The summed E-state index contributed by atoms with van der Waals surface area (Å²) in [4.78, 5) is 2.77. The van der Waals surface area contributed by atoms with Crippen LogP contribution in [0.25, 0.3) is 0 Å². The van der Waals surface area contributed by atoms with E-state index in [9.17, 15) is 0 Å². The Labute approximate surface area is 101 Å². The maximum atomic E-state index is 6.31. The van der Waals surface area contributed by atoms with Gasteiger partial charge in [0, 0.05) is 17.1 Å². The third-order valence-electron chi connectivity index (χ3n) is 4.81. The zero-order valence-corrected chi connectivity index (χ0v) is 11.3. The van der Waals surface area contributed by atoms with Crippen molar-refractivity contribution in [1.82, 2.24) is 4.90 Å². The molecule has 0 bridgehead atoms. The lowest BCUT2D eigenvalue weighted by Crippen LogP contribution is -2.65. The van der Waals surface area contributed by atoms with E-state index >= 15 is 0 Å². The van der Waals surface area contributed by atoms with Crippen LogP contribution in [-0.2, 0) is 0 Å². The number of hydrogen-bond acceptors (Lipinski definition) is 2. The van der Waals surface area contributed by atoms with Crippen molar-refractivity contribution < 1.29 is 0 Å². The molecular weight excluding hydrogens is 196 g/mol. The molecule has 2 aliphatic rings. The molecular formula is C14H28N2. The molecule has 2 fully saturated rings. The van der Waals surface area contributed by atoms with Crippen molar-refractivity contribution in [2.24, 2.45) is 5.73 Å². The lowest BCUT2D eigenvalue weighted by Gasteiger charge is -2.59. The fourth-order valence-corrected chi connectivity index (χ4v) is 4.51. The number of nitrogens with zero attached hydrogens (tertiary/aromatic N) is 1. The Morgan fingerprint density at radius 2 is 1.75 bits per heavy atom. The predicted molar refractivity (Wildman–Crippen MR) is 69.5 cm³/mol. The van der Waals surface area contributed by atoms with Gasteiger partial charge >= 0.3 is 0 Å². The number of hydrogen-bond donors (Lipinski definition) is 1. The molecule has 16 heavy (non-hydrogen) atoms. The van der Waals surface area contributed by atoms with Crippen LogP contribution in [0.4, 0.5) is 0 Å². The van der Waals surface area contributed by atoms with Crippen LogP contribution in [0.2, 0.25) is 0 Å². The normalized spacial score (nSPS) is 34.1. The first kappa shape index (κ1) is 12.4. The van der Waals surface area contributed by atoms with Gasteiger partial charge < -0.3 is 5.73 Å². The highest BCUT2D eigenvalue weighted by atomic mass is 15.3. The average molecular weight is 224 g/mol. The van der Waals surface area contributed by atoms with Crippen LogP contribution < -0.4 is 5.73 Å². The number of piperidine rings is 1. The molecule has 1 aliphatic heterocycles. The van der Waals surface area contributed by atoms with Gasteiger partial charge in [0.15, 0.2) is 0 Å². The highest BCUT2D eigenvalue weighted by Crippen LogP contribution is 2.45. The molecule has 0 amide bonds. The average Bonchev–Trinajstić information content (AvgIpc) is 2.16. The third kappa shape index (κ3) is 2.02. The summed E-state index contributed by atoms with van der Waals surface area (Å²) in [6, 6.07) is 0.413. The van der Waals surface area contributed by atoms with E-state index < -0.39 is 0 Å². The summed E-state index contributed by atoms with van der Waals surface area (Å²) in [5, 5.41) is 0. The Morgan fingerprint density at radius 1 is 1.12 bits per heavy atom. The molecule has 1 heterocycles. The standard InChI is InChI=1S/C14H28N2/c1-4-16-13(2,3)10-12(15)11-14(16)8-6-5-7-9-14/h12H,4-11,15H2,1-3H3. The van der Waals surface area contributed by atoms with Crippen LogP contribution in [0.1, 0.15) is 65.7 Å². The lowest BCUT2D eigenvalue weighted by atomic mass is 9.68. The zero-order valence-electron chi connectivity index (χ0n) is 11.3. The van der Waals surface area contributed by atoms with Gasteiger partial charge in [0.25, 0.3) is 0 Å². The Bertz CT molecular complexity index is 241. The van der Waals surface area contributed by atoms with Crippen molar-refractivity contribution >= 4 is 0 Å². The molecule has 2 rings (SSSR count). The van der Waals surface area contributed by atoms with Crippen LogP contribution in [0.15, 0.2) is 0 Å². The molecule has 0 radical (unpaired) electrons. The largest absolute Gasteiger partial charge is 0.328 e. The molecule has 2 nitrogen and oxygen atoms in total. The van der Waals surface area contributed by atoms with Crippen LogP contribution >= 0.6 is 0 Å². The minimum Gasteiger partial charge on any atom is -0.328 e. The van der Waals surface area contributed by atoms with Crippen molar-refractivity contribution in [2.45, 2.75) is 82.8 Å². The van der Waals surface area contributed by atoms with E-state index in [1.54, 1.807) is 0 Å². The topological polar surface area (TPSA) is 29.3 Å². The summed E-state index contributed by atoms with van der Waals surface area (Å²) in [7, 11) is 0. The van der Waals surface area contributed by atoms with E-state index in [2.05, 4.69) is 25.7 Å². The molecule has 1 spiro atoms. The quantitative estimate of drug-likeness (QED) is 0.742. The van der Waals surface area contributed by atoms with Crippen molar-refractivity contribution in [3.05, 3.63) is 0 Å². The van der Waals surface area contributed by atoms with Crippen LogP contribution in [0.5, 0.6) is 0 Å². The molecule has 1 saturated heterocycles. The van der Waals surface area contributed by atoms with Crippen molar-refractivity contribution in [3.63, 3.8) is 0 Å². The summed E-state index contributed by atoms with van der Waals surface area (Å²) < 4.78 is 0. The van der Waals surface area contributed by atoms with Crippen molar-refractivity contribution in [3.8, 4) is 0 Å². The van der Waals surface area contributed by atoms with E-state index in [0.717, 1.165) is 6.42 Å². The molecule has 0 aromatic heterocycles. The van der Waals surface area contributed by atoms with E-state index in [1.165, 1.54) is 45.1 Å². The first-order valence-electron chi connectivity index (χ1n) is 7.03. The summed E-state index contributed by atoms with van der Waals surface area (Å²) in [5.41, 5.74) is 7.04. The Morgan fingerprint density at radius 3 is 2.31 bits per heavy atom. The van der Waals surface area contributed by atoms with Gasteiger partial charge in [-0.25, -0.2) is 0 Å². The Hall–Kier alpha value is -0.0800. The van der Waals surface area contributed by atoms with Gasteiger partial charge in [0.1, 0.15) is 0 Å². The molecule has 1 unspecified atom stereocenters. The summed E-state index contributed by atoms with van der Waals surface area (Å²) >= 11 is 0. The van der Waals surface area contributed by atoms with E-state index in [4.69, 9.17) is 5.73 Å². The number of rotatable bonds is 1. The summed E-state index contributed by atoms with van der Waals surface area (Å²) in [6.07, 6.45) is 9.36. The van der Waals surface area contributed by atoms with E-state index in [0.29, 0.717) is 17.1 Å². The Balaban J connectivity index is 2.25. The molecule has 0 aromatic carbocycles. The SMILES string of the molecule is CCN1C(C)(C)CC(N)CC12CCCCC2. The van der Waals surface area contributed by atoms with Crippen molar-refractivity contribution in [1.29, 1.82) is 0 Å². The fourth-order valence-electron chi connectivity index (χ4n) is 4.51. The second kappa shape index (κ2) is 4.30. The summed E-state index contributed by atoms with van der Waals surface area (Å²) in [5.74, 6) is 0. The van der Waals surface area contributed by atoms with Gasteiger partial charge in [-0.2, -0.15) is 0 Å². The highest BCUT2D eigenvalue weighted by molar-refractivity contribution is 5.06. The van der Waals surface area contributed by atoms with Gasteiger partial charge in [0.05, 0.1) is 0 Å². The molecule has 1 aliphatic carbocycles.